The predicted octanol–water partition coefficient (Wildman–Crippen LogP) is 6.70. The molecule has 2 aromatic carbocycles. The van der Waals surface area contributed by atoms with E-state index in [0.29, 0.717) is 10.4 Å². The van der Waals surface area contributed by atoms with Gasteiger partial charge in [-0.05, 0) is 72.7 Å². The summed E-state index contributed by atoms with van der Waals surface area (Å²) >= 11 is 12.5. The fourth-order valence-corrected chi connectivity index (χ4v) is 5.01. The van der Waals surface area contributed by atoms with Crippen LogP contribution in [-0.2, 0) is 18.9 Å². The summed E-state index contributed by atoms with van der Waals surface area (Å²) in [5.41, 5.74) is -0.643. The van der Waals surface area contributed by atoms with Gasteiger partial charge in [0, 0.05) is 11.2 Å². The Bertz CT molecular complexity index is 2010. The number of nitrogens with one attached hydrogen (secondary N) is 2. The van der Waals surface area contributed by atoms with Gasteiger partial charge in [0.1, 0.15) is 12.2 Å². The second kappa shape index (κ2) is 13.2. The average Bonchev–Trinajstić information content (AvgIpc) is 3.66. The van der Waals surface area contributed by atoms with Gasteiger partial charge >= 0.3 is 12.4 Å². The van der Waals surface area contributed by atoms with Gasteiger partial charge in [-0.1, -0.05) is 35.3 Å². The van der Waals surface area contributed by atoms with Crippen molar-refractivity contribution in [1.29, 1.82) is 0 Å². The molecule has 0 saturated carbocycles. The van der Waals surface area contributed by atoms with Crippen molar-refractivity contribution in [3.05, 3.63) is 110 Å². The number of carbonyl (C=O) groups excluding carboxylic acids is 2. The van der Waals surface area contributed by atoms with Crippen LogP contribution in [0.15, 0.2) is 60.8 Å². The Labute approximate surface area is 276 Å². The van der Waals surface area contributed by atoms with Gasteiger partial charge in [0.2, 0.25) is 0 Å². The highest BCUT2D eigenvalue weighted by Gasteiger charge is 2.37. The zero-order valence-corrected chi connectivity index (χ0v) is 26.0. The molecule has 5 aromatic rings. The molecule has 0 aliphatic rings. The molecule has 0 fully saturated rings. The third-order valence-corrected chi connectivity index (χ3v) is 7.30. The Kier molecular flexibility index (Phi) is 9.46. The van der Waals surface area contributed by atoms with E-state index in [2.05, 4.69) is 36.1 Å². The van der Waals surface area contributed by atoms with Crippen molar-refractivity contribution in [2.24, 2.45) is 0 Å². The molecule has 1 atom stereocenters. The number of tetrazole rings is 1. The number of nitrogens with zero attached hydrogens (tertiary/aromatic N) is 7. The van der Waals surface area contributed by atoms with E-state index in [0.717, 1.165) is 16.8 Å². The molecule has 3 aromatic heterocycles. The van der Waals surface area contributed by atoms with Gasteiger partial charge in [0.25, 0.3) is 17.6 Å². The maximum atomic E-state index is 13.8. The standard InChI is InChI=1S/C29H21Cl2F6N9O2/c1-14-9-18(30)11-20(25(47)39-15(2)16-5-3-6-17(10-16)28(32,33)34)23(14)40-26(48)22-12-19(13-45-43-27(41-44-45)29(35,36)37)42-46(22)24-21(31)7-4-8-38-24/h3-12,15H,13H2,1-2H3,(H,39,47)(H,40,48). The van der Waals surface area contributed by atoms with E-state index in [-0.39, 0.29) is 44.1 Å². The Hall–Kier alpha value is -5.03. The Balaban J connectivity index is 1.47. The molecule has 1 unspecified atom stereocenters. The van der Waals surface area contributed by atoms with Gasteiger partial charge in [-0.3, -0.25) is 9.59 Å². The Morgan fingerprint density at radius 3 is 2.35 bits per heavy atom. The lowest BCUT2D eigenvalue weighted by Gasteiger charge is -2.19. The lowest BCUT2D eigenvalue weighted by atomic mass is 10.0. The fourth-order valence-electron chi connectivity index (χ4n) is 4.54. The number of benzene rings is 2. The van der Waals surface area contributed by atoms with E-state index in [9.17, 15) is 35.9 Å². The van der Waals surface area contributed by atoms with Gasteiger partial charge in [0.05, 0.1) is 33.6 Å². The van der Waals surface area contributed by atoms with Gasteiger partial charge in [0.15, 0.2) is 5.82 Å². The number of carbonyl (C=O) groups is 2. The van der Waals surface area contributed by atoms with Crippen LogP contribution in [0.3, 0.4) is 0 Å². The second-order valence-electron chi connectivity index (χ2n) is 10.3. The first kappa shape index (κ1) is 34.3. The molecule has 48 heavy (non-hydrogen) atoms. The molecule has 11 nitrogen and oxygen atoms in total. The highest BCUT2D eigenvalue weighted by molar-refractivity contribution is 6.32. The first-order valence-electron chi connectivity index (χ1n) is 13.7. The molecule has 0 aliphatic carbocycles. The minimum absolute atomic E-state index is 0.00111. The average molecular weight is 712 g/mol. The monoisotopic (exact) mass is 711 g/mol. The summed E-state index contributed by atoms with van der Waals surface area (Å²) in [6.45, 7) is 2.62. The number of anilines is 1. The maximum Gasteiger partial charge on any atom is 0.455 e. The largest absolute Gasteiger partial charge is 0.455 e. The van der Waals surface area contributed by atoms with Crippen molar-refractivity contribution in [2.75, 3.05) is 5.32 Å². The number of amides is 2. The summed E-state index contributed by atoms with van der Waals surface area (Å²) < 4.78 is 79.8. The number of aryl methyl sites for hydroxylation is 1. The molecule has 2 amide bonds. The normalized spacial score (nSPS) is 12.5. The third kappa shape index (κ3) is 7.57. The van der Waals surface area contributed by atoms with E-state index in [1.54, 1.807) is 6.92 Å². The second-order valence-corrected chi connectivity index (χ2v) is 11.1. The number of hydrogen-bond acceptors (Lipinski definition) is 7. The molecule has 3 heterocycles. The Morgan fingerprint density at radius 2 is 1.69 bits per heavy atom. The van der Waals surface area contributed by atoms with Gasteiger partial charge in [-0.25, -0.2) is 9.67 Å². The quantitative estimate of drug-likeness (QED) is 0.171. The summed E-state index contributed by atoms with van der Waals surface area (Å²) in [6.07, 6.45) is -8.06. The molecular weight excluding hydrogens is 691 g/mol. The third-order valence-electron chi connectivity index (χ3n) is 6.79. The fraction of sp³-hybridized carbons (Fsp3) is 0.207. The highest BCUT2D eigenvalue weighted by atomic mass is 35.5. The smallest absolute Gasteiger partial charge is 0.345 e. The van der Waals surface area contributed by atoms with Crippen LogP contribution in [0.5, 0.6) is 0 Å². The minimum atomic E-state index is -4.84. The van der Waals surface area contributed by atoms with E-state index >= 15 is 0 Å². The van der Waals surface area contributed by atoms with Crippen molar-refractivity contribution in [3.8, 4) is 5.82 Å². The Morgan fingerprint density at radius 1 is 0.938 bits per heavy atom. The summed E-state index contributed by atoms with van der Waals surface area (Å²) in [5, 5.41) is 19.4. The van der Waals surface area contributed by atoms with Crippen LogP contribution in [-0.4, -0.2) is 46.8 Å². The van der Waals surface area contributed by atoms with Crippen LogP contribution >= 0.6 is 23.2 Å². The topological polar surface area (TPSA) is 133 Å². The van der Waals surface area contributed by atoms with E-state index in [1.807, 2.05) is 0 Å². The van der Waals surface area contributed by atoms with Crippen molar-refractivity contribution in [1.82, 2.24) is 40.3 Å². The summed E-state index contributed by atoms with van der Waals surface area (Å²) in [6, 6.07) is 10.5. The number of pyridine rings is 1. The van der Waals surface area contributed by atoms with Crippen LogP contribution in [0, 0.1) is 6.92 Å². The first-order valence-corrected chi connectivity index (χ1v) is 14.4. The van der Waals surface area contributed by atoms with Crippen LogP contribution in [0.25, 0.3) is 5.82 Å². The molecule has 0 spiro atoms. The molecule has 0 aliphatic heterocycles. The summed E-state index contributed by atoms with van der Waals surface area (Å²) in [4.78, 5) is 32.1. The number of alkyl halides is 6. The molecular formula is C29H21Cl2F6N9O2. The molecule has 0 saturated heterocycles. The zero-order chi connectivity index (χ0) is 35.0. The number of aromatic nitrogens is 7. The van der Waals surface area contributed by atoms with Crippen molar-refractivity contribution >= 4 is 40.7 Å². The summed E-state index contributed by atoms with van der Waals surface area (Å²) in [5.74, 6) is -3.08. The molecule has 5 rings (SSSR count). The van der Waals surface area contributed by atoms with Crippen molar-refractivity contribution < 1.29 is 35.9 Å². The number of rotatable bonds is 8. The van der Waals surface area contributed by atoms with Crippen LogP contribution in [0.2, 0.25) is 10.0 Å². The lowest BCUT2D eigenvalue weighted by molar-refractivity contribution is -0.145. The van der Waals surface area contributed by atoms with E-state index < -0.39 is 48.1 Å². The molecule has 2 N–H and O–H groups in total. The molecule has 0 bridgehead atoms. The van der Waals surface area contributed by atoms with E-state index in [4.69, 9.17) is 23.2 Å². The van der Waals surface area contributed by atoms with Gasteiger partial charge < -0.3 is 10.6 Å². The van der Waals surface area contributed by atoms with Crippen LogP contribution in [0.4, 0.5) is 32.0 Å². The lowest BCUT2D eigenvalue weighted by Crippen LogP contribution is -2.29. The number of halogens is 8. The summed E-state index contributed by atoms with van der Waals surface area (Å²) in [7, 11) is 0. The number of hydrogen-bond donors (Lipinski definition) is 2. The molecule has 250 valence electrons. The van der Waals surface area contributed by atoms with Crippen molar-refractivity contribution in [2.45, 2.75) is 38.8 Å². The van der Waals surface area contributed by atoms with Crippen LogP contribution in [0.1, 0.15) is 62.0 Å². The minimum Gasteiger partial charge on any atom is -0.345 e. The van der Waals surface area contributed by atoms with Gasteiger partial charge in [-0.2, -0.15) is 36.2 Å². The van der Waals surface area contributed by atoms with E-state index in [1.165, 1.54) is 55.6 Å². The molecule has 19 heteroatoms. The first-order chi connectivity index (χ1) is 22.5. The predicted molar refractivity (Wildman–Crippen MR) is 160 cm³/mol. The molecule has 0 radical (unpaired) electrons. The SMILES string of the molecule is Cc1cc(Cl)cc(C(=O)NC(C)c2cccc(C(F)(F)F)c2)c1NC(=O)c1cc(Cn2nnc(C(F)(F)F)n2)nn1-c1ncccc1Cl. The highest BCUT2D eigenvalue weighted by Crippen LogP contribution is 2.32. The zero-order valence-electron chi connectivity index (χ0n) is 24.5. The maximum absolute atomic E-state index is 13.8. The van der Waals surface area contributed by atoms with Gasteiger partial charge in [-0.15, -0.1) is 10.2 Å². The van der Waals surface area contributed by atoms with Crippen LogP contribution < -0.4 is 10.6 Å². The van der Waals surface area contributed by atoms with Crippen molar-refractivity contribution in [3.63, 3.8) is 0 Å².